The number of aromatic nitrogens is 2. The zero-order chi connectivity index (χ0) is 18.1. The highest BCUT2D eigenvalue weighted by Crippen LogP contribution is 2.35. The third kappa shape index (κ3) is 3.16. The molecular formula is C20H26N4OS. The van der Waals surface area contributed by atoms with Gasteiger partial charge >= 0.3 is 0 Å². The maximum Gasteiger partial charge on any atom is 0.266 e. The molecule has 6 heteroatoms. The molecule has 2 atom stereocenters. The summed E-state index contributed by atoms with van der Waals surface area (Å²) in [6, 6.07) is 4.17. The number of thiazole rings is 1. The maximum absolute atomic E-state index is 13.4. The molecule has 2 aliphatic rings. The Morgan fingerprint density at radius 3 is 3.08 bits per heavy atom. The Kier molecular flexibility index (Phi) is 4.80. The highest BCUT2D eigenvalue weighted by molar-refractivity contribution is 7.17. The summed E-state index contributed by atoms with van der Waals surface area (Å²) in [6.45, 7) is 6.14. The van der Waals surface area contributed by atoms with Crippen LogP contribution in [0.25, 0.3) is 10.6 Å². The van der Waals surface area contributed by atoms with Gasteiger partial charge in [0.15, 0.2) is 0 Å². The number of pyridine rings is 1. The smallest absolute Gasteiger partial charge is 0.266 e. The number of amides is 1. The van der Waals surface area contributed by atoms with E-state index in [4.69, 9.17) is 0 Å². The van der Waals surface area contributed by atoms with Crippen molar-refractivity contribution < 1.29 is 4.79 Å². The molecule has 0 bridgehead atoms. The summed E-state index contributed by atoms with van der Waals surface area (Å²) in [5, 5.41) is 4.60. The minimum Gasteiger partial charge on any atom is -0.333 e. The number of nitrogens with zero attached hydrogens (tertiary/aromatic N) is 3. The molecule has 0 radical (unpaired) electrons. The Bertz CT molecular complexity index is 790. The van der Waals surface area contributed by atoms with Crippen LogP contribution in [0, 0.1) is 6.92 Å². The van der Waals surface area contributed by atoms with Crippen molar-refractivity contribution in [1.82, 2.24) is 20.2 Å². The Hall–Kier alpha value is -1.79. The van der Waals surface area contributed by atoms with Gasteiger partial charge in [0.05, 0.1) is 5.69 Å². The zero-order valence-corrected chi connectivity index (χ0v) is 16.3. The van der Waals surface area contributed by atoms with E-state index in [9.17, 15) is 4.79 Å². The maximum atomic E-state index is 13.4. The highest BCUT2D eigenvalue weighted by Gasteiger charge is 2.43. The van der Waals surface area contributed by atoms with Crippen LogP contribution >= 0.6 is 11.3 Å². The minimum atomic E-state index is 0.0369. The molecule has 2 fully saturated rings. The van der Waals surface area contributed by atoms with E-state index in [2.05, 4.69) is 27.1 Å². The number of rotatable bonds is 2. The average Bonchev–Trinajstić information content (AvgIpc) is 2.92. The summed E-state index contributed by atoms with van der Waals surface area (Å²) in [5.74, 6) is 0.148. The van der Waals surface area contributed by atoms with Crippen LogP contribution in [0.15, 0.2) is 24.5 Å². The zero-order valence-electron chi connectivity index (χ0n) is 15.5. The molecule has 4 rings (SSSR count). The van der Waals surface area contributed by atoms with Crippen molar-refractivity contribution in [3.05, 3.63) is 35.1 Å². The van der Waals surface area contributed by atoms with Crippen molar-refractivity contribution in [3.63, 3.8) is 0 Å². The van der Waals surface area contributed by atoms with Gasteiger partial charge in [0.2, 0.25) is 0 Å². The lowest BCUT2D eigenvalue weighted by Crippen LogP contribution is -2.62. The van der Waals surface area contributed by atoms with Gasteiger partial charge < -0.3 is 10.2 Å². The Balaban J connectivity index is 1.64. The van der Waals surface area contributed by atoms with Gasteiger partial charge in [-0.3, -0.25) is 9.78 Å². The fourth-order valence-electron chi connectivity index (χ4n) is 4.38. The molecule has 2 aromatic heterocycles. The molecule has 0 aliphatic carbocycles. The summed E-state index contributed by atoms with van der Waals surface area (Å²) in [5.41, 5.74) is 1.84. The number of fused-ring (bicyclic) bond motifs is 1. The molecule has 0 saturated carbocycles. The quantitative estimate of drug-likeness (QED) is 0.877. The van der Waals surface area contributed by atoms with Crippen molar-refractivity contribution in [2.75, 3.05) is 13.1 Å². The number of hydrogen-bond acceptors (Lipinski definition) is 5. The van der Waals surface area contributed by atoms with Gasteiger partial charge in [-0.25, -0.2) is 4.98 Å². The Morgan fingerprint density at radius 1 is 1.38 bits per heavy atom. The van der Waals surface area contributed by atoms with Gasteiger partial charge in [0.1, 0.15) is 9.88 Å². The molecule has 0 spiro atoms. The lowest BCUT2D eigenvalue weighted by molar-refractivity contribution is 0.0383. The van der Waals surface area contributed by atoms with E-state index in [1.165, 1.54) is 24.2 Å². The number of carbonyl (C=O) groups is 1. The summed E-state index contributed by atoms with van der Waals surface area (Å²) in [7, 11) is 0. The summed E-state index contributed by atoms with van der Waals surface area (Å²) < 4.78 is 0. The molecule has 0 unspecified atom stereocenters. The number of nitrogens with one attached hydrogen (secondary N) is 1. The predicted molar refractivity (Wildman–Crippen MR) is 104 cm³/mol. The van der Waals surface area contributed by atoms with Crippen molar-refractivity contribution in [2.45, 2.75) is 57.5 Å². The van der Waals surface area contributed by atoms with E-state index in [-0.39, 0.29) is 17.5 Å². The van der Waals surface area contributed by atoms with E-state index in [0.717, 1.165) is 53.5 Å². The number of hydrogen-bond donors (Lipinski definition) is 1. The summed E-state index contributed by atoms with van der Waals surface area (Å²) >= 11 is 1.50. The number of carbonyl (C=O) groups excluding carboxylic acids is 1. The van der Waals surface area contributed by atoms with Crippen LogP contribution in [0.4, 0.5) is 0 Å². The second-order valence-corrected chi connectivity index (χ2v) is 8.63. The topological polar surface area (TPSA) is 58.1 Å². The van der Waals surface area contributed by atoms with Crippen LogP contribution in [0.1, 0.15) is 54.4 Å². The molecule has 0 aromatic carbocycles. The van der Waals surface area contributed by atoms with Crippen LogP contribution < -0.4 is 5.32 Å². The molecule has 2 aromatic rings. The van der Waals surface area contributed by atoms with E-state index >= 15 is 0 Å². The monoisotopic (exact) mass is 370 g/mol. The van der Waals surface area contributed by atoms with Crippen molar-refractivity contribution in [3.8, 4) is 10.6 Å². The van der Waals surface area contributed by atoms with Crippen molar-refractivity contribution in [2.24, 2.45) is 0 Å². The number of likely N-dealkylation sites (tertiary alicyclic amines) is 1. The molecular weight excluding hydrogens is 344 g/mol. The second-order valence-electron chi connectivity index (χ2n) is 7.63. The molecule has 26 heavy (non-hydrogen) atoms. The van der Waals surface area contributed by atoms with Crippen LogP contribution in [0.5, 0.6) is 0 Å². The van der Waals surface area contributed by atoms with Gasteiger partial charge in [0.25, 0.3) is 5.91 Å². The van der Waals surface area contributed by atoms with E-state index in [1.54, 1.807) is 12.4 Å². The molecule has 1 N–H and O–H groups in total. The molecule has 4 heterocycles. The van der Waals surface area contributed by atoms with Gasteiger partial charge in [-0.05, 0) is 58.2 Å². The lowest BCUT2D eigenvalue weighted by Gasteiger charge is -2.48. The normalized spacial score (nSPS) is 26.2. The molecule has 2 aliphatic heterocycles. The van der Waals surface area contributed by atoms with Crippen molar-refractivity contribution in [1.29, 1.82) is 0 Å². The SMILES string of the molecule is Cc1nc(-c2cccnc2)sc1C(=O)N1CCC[C@]2(C)NCCCC[C@H]12. The third-order valence-electron chi connectivity index (χ3n) is 5.80. The second kappa shape index (κ2) is 7.08. The largest absolute Gasteiger partial charge is 0.333 e. The highest BCUT2D eigenvalue weighted by atomic mass is 32.1. The molecule has 1 amide bonds. The fourth-order valence-corrected chi connectivity index (χ4v) is 5.39. The lowest BCUT2D eigenvalue weighted by atomic mass is 9.81. The first-order chi connectivity index (χ1) is 12.6. The van der Waals surface area contributed by atoms with E-state index in [0.29, 0.717) is 0 Å². The first-order valence-corrected chi connectivity index (χ1v) is 10.3. The predicted octanol–water partition coefficient (Wildman–Crippen LogP) is 3.65. The van der Waals surface area contributed by atoms with Gasteiger partial charge in [-0.15, -0.1) is 11.3 Å². The van der Waals surface area contributed by atoms with Gasteiger partial charge in [-0.1, -0.05) is 6.42 Å². The fraction of sp³-hybridized carbons (Fsp3) is 0.550. The standard InChI is InChI=1S/C20H26N4OS/c1-14-17(26-18(23-14)15-7-5-10-21-13-15)19(25)24-12-6-9-20(2)16(24)8-3-4-11-22-20/h5,7,10,13,16,22H,3-4,6,8-9,11-12H2,1-2H3/t16-,20-/m0/s1. The number of aryl methyl sites for hydroxylation is 1. The van der Waals surface area contributed by atoms with E-state index in [1.807, 2.05) is 19.1 Å². The van der Waals surface area contributed by atoms with Gasteiger partial charge in [-0.2, -0.15) is 0 Å². The molecule has 138 valence electrons. The van der Waals surface area contributed by atoms with E-state index < -0.39 is 0 Å². The first kappa shape index (κ1) is 17.6. The van der Waals surface area contributed by atoms with Crippen molar-refractivity contribution >= 4 is 17.2 Å². The van der Waals surface area contributed by atoms with Crippen LogP contribution in [0.3, 0.4) is 0 Å². The van der Waals surface area contributed by atoms with Crippen LogP contribution in [-0.4, -0.2) is 45.4 Å². The third-order valence-corrected chi connectivity index (χ3v) is 6.99. The molecule has 2 saturated heterocycles. The summed E-state index contributed by atoms with van der Waals surface area (Å²) in [6.07, 6.45) is 9.22. The summed E-state index contributed by atoms with van der Waals surface area (Å²) in [4.78, 5) is 25.1. The number of piperidine rings is 1. The first-order valence-electron chi connectivity index (χ1n) is 9.52. The Labute approximate surface area is 158 Å². The van der Waals surface area contributed by atoms with Gasteiger partial charge in [0, 0.05) is 36.1 Å². The van der Waals surface area contributed by atoms with Crippen LogP contribution in [-0.2, 0) is 0 Å². The average molecular weight is 371 g/mol. The van der Waals surface area contributed by atoms with Crippen LogP contribution in [0.2, 0.25) is 0 Å². The molecule has 5 nitrogen and oxygen atoms in total. The minimum absolute atomic E-state index is 0.0369. The Morgan fingerprint density at radius 2 is 2.27 bits per heavy atom.